The summed E-state index contributed by atoms with van der Waals surface area (Å²) < 4.78 is 19.5. The lowest BCUT2D eigenvalue weighted by molar-refractivity contribution is -0.120. The quantitative estimate of drug-likeness (QED) is 0.536. The SMILES string of the molecule is Nc1ccn([C@@H]2O[C@H](CO)[C@H](O)C2(O)CF)c(=S)n1. The summed E-state index contributed by atoms with van der Waals surface area (Å²) in [6, 6.07) is 1.40. The van der Waals surface area contributed by atoms with Crippen molar-refractivity contribution < 1.29 is 24.4 Å². The van der Waals surface area contributed by atoms with Gasteiger partial charge in [-0.15, -0.1) is 0 Å². The van der Waals surface area contributed by atoms with Gasteiger partial charge in [0.2, 0.25) is 4.77 Å². The average molecular weight is 291 g/mol. The number of nitrogens with zero attached hydrogens (tertiary/aromatic N) is 2. The van der Waals surface area contributed by atoms with Crippen LogP contribution in [0.5, 0.6) is 0 Å². The number of hydrogen-bond acceptors (Lipinski definition) is 7. The van der Waals surface area contributed by atoms with E-state index in [0.29, 0.717) is 0 Å². The number of aliphatic hydroxyl groups is 3. The second-order valence-electron chi connectivity index (χ2n) is 4.32. The molecule has 1 aromatic heterocycles. The number of anilines is 1. The van der Waals surface area contributed by atoms with Crippen molar-refractivity contribution in [2.45, 2.75) is 24.0 Å². The Hall–Kier alpha value is -1.13. The summed E-state index contributed by atoms with van der Waals surface area (Å²) >= 11 is 4.95. The highest BCUT2D eigenvalue weighted by Gasteiger charge is 2.56. The van der Waals surface area contributed by atoms with Crippen LogP contribution in [0.3, 0.4) is 0 Å². The standard InChI is InChI=1S/C10H14FN3O4S/c11-4-10(17)7(16)5(3-15)18-8(10)14-2-1-6(12)13-9(14)19/h1-2,5,7-8,15-17H,3-4H2,(H2,12,13,19)/t5-,7+,8-,10?/m1/s1. The van der Waals surface area contributed by atoms with Gasteiger partial charge in [-0.1, -0.05) is 0 Å². The van der Waals surface area contributed by atoms with E-state index < -0.39 is 37.3 Å². The van der Waals surface area contributed by atoms with E-state index in [1.165, 1.54) is 16.8 Å². The Morgan fingerprint density at radius 2 is 2.32 bits per heavy atom. The summed E-state index contributed by atoms with van der Waals surface area (Å²) in [7, 11) is 0. The fourth-order valence-electron chi connectivity index (χ4n) is 2.02. The molecule has 1 unspecified atom stereocenters. The molecule has 0 spiro atoms. The number of aromatic nitrogens is 2. The molecule has 5 N–H and O–H groups in total. The van der Waals surface area contributed by atoms with E-state index in [1.54, 1.807) is 0 Å². The number of nitrogen functional groups attached to an aromatic ring is 1. The predicted molar refractivity (Wildman–Crippen MR) is 65.4 cm³/mol. The van der Waals surface area contributed by atoms with Gasteiger partial charge >= 0.3 is 0 Å². The van der Waals surface area contributed by atoms with Gasteiger partial charge < -0.3 is 25.8 Å². The first-order valence-corrected chi connectivity index (χ1v) is 5.92. The van der Waals surface area contributed by atoms with Crippen LogP contribution in [0, 0.1) is 4.77 Å². The maximum atomic E-state index is 13.1. The smallest absolute Gasteiger partial charge is 0.203 e. The number of rotatable bonds is 3. The number of alkyl halides is 1. The average Bonchev–Trinajstić information content (AvgIpc) is 2.63. The zero-order chi connectivity index (χ0) is 14.2. The van der Waals surface area contributed by atoms with Crippen molar-refractivity contribution in [2.75, 3.05) is 19.0 Å². The lowest BCUT2D eigenvalue weighted by atomic mass is 9.95. The number of halogens is 1. The summed E-state index contributed by atoms with van der Waals surface area (Å²) in [5.41, 5.74) is 3.24. The van der Waals surface area contributed by atoms with Crippen molar-refractivity contribution in [3.8, 4) is 0 Å². The molecule has 1 fully saturated rings. The third-order valence-corrected chi connectivity index (χ3v) is 3.40. The summed E-state index contributed by atoms with van der Waals surface area (Å²) in [4.78, 5) is 3.79. The minimum absolute atomic E-state index is 0.0253. The second-order valence-corrected chi connectivity index (χ2v) is 4.69. The zero-order valence-corrected chi connectivity index (χ0v) is 10.6. The topological polar surface area (TPSA) is 114 Å². The van der Waals surface area contributed by atoms with Gasteiger partial charge in [0.1, 0.15) is 24.7 Å². The first-order valence-electron chi connectivity index (χ1n) is 5.51. The van der Waals surface area contributed by atoms with Gasteiger partial charge in [0.25, 0.3) is 0 Å². The molecule has 4 atom stereocenters. The fraction of sp³-hybridized carbons (Fsp3) is 0.600. The molecule has 0 aromatic carbocycles. The van der Waals surface area contributed by atoms with Crippen LogP contribution < -0.4 is 5.73 Å². The lowest BCUT2D eigenvalue weighted by Crippen LogP contribution is -2.49. The van der Waals surface area contributed by atoms with E-state index in [1.807, 2.05) is 0 Å². The highest BCUT2D eigenvalue weighted by Crippen LogP contribution is 2.38. The Morgan fingerprint density at radius 3 is 2.84 bits per heavy atom. The van der Waals surface area contributed by atoms with Crippen molar-refractivity contribution in [1.29, 1.82) is 0 Å². The Balaban J connectivity index is 2.45. The number of hydrogen-bond donors (Lipinski definition) is 4. The molecular formula is C10H14FN3O4S. The highest BCUT2D eigenvalue weighted by atomic mass is 32.1. The van der Waals surface area contributed by atoms with Crippen molar-refractivity contribution in [3.63, 3.8) is 0 Å². The van der Waals surface area contributed by atoms with Crippen molar-refractivity contribution in [3.05, 3.63) is 17.0 Å². The third-order valence-electron chi connectivity index (χ3n) is 3.09. The van der Waals surface area contributed by atoms with Crippen LogP contribution in [0.2, 0.25) is 0 Å². The number of aliphatic hydroxyl groups excluding tert-OH is 2. The van der Waals surface area contributed by atoms with Crippen LogP contribution in [-0.2, 0) is 4.74 Å². The minimum Gasteiger partial charge on any atom is -0.394 e. The van der Waals surface area contributed by atoms with Gasteiger partial charge in [0.15, 0.2) is 11.8 Å². The highest BCUT2D eigenvalue weighted by molar-refractivity contribution is 7.71. The molecule has 0 radical (unpaired) electrons. The van der Waals surface area contributed by atoms with Crippen molar-refractivity contribution in [2.24, 2.45) is 0 Å². The fourth-order valence-corrected chi connectivity index (χ4v) is 2.29. The molecule has 2 heterocycles. The first-order chi connectivity index (χ1) is 8.93. The summed E-state index contributed by atoms with van der Waals surface area (Å²) in [5.74, 6) is 0.169. The van der Waals surface area contributed by atoms with E-state index in [-0.39, 0.29) is 10.6 Å². The molecule has 0 aliphatic carbocycles. The van der Waals surface area contributed by atoms with Crippen molar-refractivity contribution >= 4 is 18.0 Å². The molecule has 0 bridgehead atoms. The van der Waals surface area contributed by atoms with Gasteiger partial charge in [-0.3, -0.25) is 4.57 Å². The molecule has 1 aromatic rings. The monoisotopic (exact) mass is 291 g/mol. The van der Waals surface area contributed by atoms with E-state index in [2.05, 4.69) is 4.98 Å². The molecule has 0 saturated carbocycles. The molecule has 9 heteroatoms. The van der Waals surface area contributed by atoms with E-state index in [0.717, 1.165) is 0 Å². The molecule has 2 rings (SSSR count). The maximum absolute atomic E-state index is 13.1. The Labute approximate surface area is 113 Å². The van der Waals surface area contributed by atoms with Crippen LogP contribution in [0.25, 0.3) is 0 Å². The Morgan fingerprint density at radius 1 is 1.63 bits per heavy atom. The minimum atomic E-state index is -2.20. The second kappa shape index (κ2) is 5.10. The molecular weight excluding hydrogens is 277 g/mol. The summed E-state index contributed by atoms with van der Waals surface area (Å²) in [6.45, 7) is -1.82. The van der Waals surface area contributed by atoms with Crippen LogP contribution in [-0.4, -0.2) is 56.0 Å². The molecule has 7 nitrogen and oxygen atoms in total. The van der Waals surface area contributed by atoms with Crippen LogP contribution in [0.1, 0.15) is 6.23 Å². The summed E-state index contributed by atoms with van der Waals surface area (Å²) in [6.07, 6.45) is -2.59. The van der Waals surface area contributed by atoms with Gasteiger partial charge in [0.05, 0.1) is 6.61 Å². The Bertz CT molecular complexity index is 528. The van der Waals surface area contributed by atoms with E-state index in [4.69, 9.17) is 27.8 Å². The molecule has 106 valence electrons. The molecule has 1 aliphatic heterocycles. The largest absolute Gasteiger partial charge is 0.394 e. The third kappa shape index (κ3) is 2.23. The molecule has 0 amide bonds. The normalized spacial score (nSPS) is 34.6. The molecule has 1 saturated heterocycles. The lowest BCUT2D eigenvalue weighted by Gasteiger charge is -2.29. The van der Waals surface area contributed by atoms with Crippen LogP contribution >= 0.6 is 12.2 Å². The van der Waals surface area contributed by atoms with Crippen LogP contribution in [0.4, 0.5) is 10.2 Å². The van der Waals surface area contributed by atoms with Gasteiger partial charge in [-0.05, 0) is 18.3 Å². The van der Waals surface area contributed by atoms with Gasteiger partial charge in [-0.2, -0.15) is 0 Å². The number of ether oxygens (including phenoxy) is 1. The molecule has 1 aliphatic rings. The van der Waals surface area contributed by atoms with Gasteiger partial charge in [0, 0.05) is 6.20 Å². The van der Waals surface area contributed by atoms with E-state index in [9.17, 15) is 14.6 Å². The first kappa shape index (κ1) is 14.3. The van der Waals surface area contributed by atoms with Crippen molar-refractivity contribution in [1.82, 2.24) is 9.55 Å². The summed E-state index contributed by atoms with van der Waals surface area (Å²) in [5, 5.41) is 29.1. The Kier molecular flexibility index (Phi) is 3.83. The van der Waals surface area contributed by atoms with E-state index >= 15 is 0 Å². The van der Waals surface area contributed by atoms with Crippen LogP contribution in [0.15, 0.2) is 12.3 Å². The van der Waals surface area contributed by atoms with Gasteiger partial charge in [-0.25, -0.2) is 9.37 Å². The maximum Gasteiger partial charge on any atom is 0.203 e. The zero-order valence-electron chi connectivity index (χ0n) is 9.81. The number of nitrogens with two attached hydrogens (primary N) is 1. The molecule has 19 heavy (non-hydrogen) atoms. The predicted octanol–water partition coefficient (Wildman–Crippen LogP) is -0.854.